The summed E-state index contributed by atoms with van der Waals surface area (Å²) in [4.78, 5) is 42.7. The van der Waals surface area contributed by atoms with E-state index in [1.807, 2.05) is 0 Å². The summed E-state index contributed by atoms with van der Waals surface area (Å²) in [5.41, 5.74) is 7.09. The first-order valence-electron chi connectivity index (χ1n) is 12.0. The Morgan fingerprint density at radius 2 is 1.51 bits per heavy atom. The molecule has 1 aliphatic heterocycles. The SMILES string of the molecule is NC(=O)C(CCCC(F)(F)F)C(CCC(F)(F)F)C(=O)NC1N=C(c2ccccc2)c2ccccc2NC1=O. The van der Waals surface area contributed by atoms with Gasteiger partial charge in [-0.15, -0.1) is 0 Å². The van der Waals surface area contributed by atoms with E-state index in [1.165, 1.54) is 0 Å². The van der Waals surface area contributed by atoms with Crippen LogP contribution in [0.25, 0.3) is 0 Å². The van der Waals surface area contributed by atoms with Gasteiger partial charge >= 0.3 is 12.4 Å². The van der Waals surface area contributed by atoms with Gasteiger partial charge in [0.05, 0.1) is 11.4 Å². The zero-order chi connectivity index (χ0) is 28.8. The molecule has 0 saturated carbocycles. The average Bonchev–Trinajstić information content (AvgIpc) is 2.98. The Labute approximate surface area is 219 Å². The first kappa shape index (κ1) is 29.7. The van der Waals surface area contributed by atoms with E-state index in [9.17, 15) is 40.7 Å². The van der Waals surface area contributed by atoms with Crippen LogP contribution < -0.4 is 16.4 Å². The van der Waals surface area contributed by atoms with Crippen molar-refractivity contribution in [3.8, 4) is 0 Å². The van der Waals surface area contributed by atoms with Crippen molar-refractivity contribution in [2.24, 2.45) is 22.6 Å². The van der Waals surface area contributed by atoms with E-state index in [0.29, 0.717) is 22.5 Å². The topological polar surface area (TPSA) is 114 Å². The lowest BCUT2D eigenvalue weighted by atomic mass is 9.83. The van der Waals surface area contributed by atoms with Crippen LogP contribution in [-0.2, 0) is 14.4 Å². The predicted molar refractivity (Wildman–Crippen MR) is 130 cm³/mol. The summed E-state index contributed by atoms with van der Waals surface area (Å²) in [7, 11) is 0. The zero-order valence-corrected chi connectivity index (χ0v) is 20.5. The Kier molecular flexibility index (Phi) is 9.36. The molecule has 0 bridgehead atoms. The van der Waals surface area contributed by atoms with Crippen molar-refractivity contribution in [2.45, 2.75) is 50.6 Å². The smallest absolute Gasteiger partial charge is 0.369 e. The molecule has 0 aromatic heterocycles. The molecule has 39 heavy (non-hydrogen) atoms. The molecule has 1 aliphatic rings. The minimum atomic E-state index is -4.72. The van der Waals surface area contributed by atoms with Crippen LogP contribution in [0.1, 0.15) is 43.2 Å². The quantitative estimate of drug-likeness (QED) is 0.369. The van der Waals surface area contributed by atoms with Gasteiger partial charge in [-0.1, -0.05) is 48.5 Å². The molecule has 3 atom stereocenters. The van der Waals surface area contributed by atoms with Gasteiger partial charge in [0.25, 0.3) is 5.91 Å². The molecule has 0 aliphatic carbocycles. The highest BCUT2D eigenvalue weighted by Gasteiger charge is 2.39. The number of aliphatic imine (C=N–C) groups is 1. The predicted octanol–water partition coefficient (Wildman–Crippen LogP) is 4.71. The van der Waals surface area contributed by atoms with Crippen molar-refractivity contribution in [3.63, 3.8) is 0 Å². The third-order valence-corrected chi connectivity index (χ3v) is 6.17. The number of halogens is 6. The number of benzene rings is 2. The normalized spacial score (nSPS) is 17.2. The lowest BCUT2D eigenvalue weighted by Crippen LogP contribution is -2.48. The summed E-state index contributed by atoms with van der Waals surface area (Å²) in [6.45, 7) is 0. The lowest BCUT2D eigenvalue weighted by Gasteiger charge is -2.26. The highest BCUT2D eigenvalue weighted by molar-refractivity contribution is 6.19. The van der Waals surface area contributed by atoms with E-state index in [4.69, 9.17) is 5.73 Å². The van der Waals surface area contributed by atoms with Crippen LogP contribution >= 0.6 is 0 Å². The number of hydrogen-bond donors (Lipinski definition) is 3. The largest absolute Gasteiger partial charge is 0.389 e. The van der Waals surface area contributed by atoms with E-state index in [-0.39, 0.29) is 0 Å². The van der Waals surface area contributed by atoms with Crippen molar-refractivity contribution >= 4 is 29.1 Å². The molecular formula is C26H26F6N4O3. The molecule has 3 unspecified atom stereocenters. The lowest BCUT2D eigenvalue weighted by molar-refractivity contribution is -0.147. The summed E-state index contributed by atoms with van der Waals surface area (Å²) in [6.07, 6.45) is -15.8. The molecule has 1 heterocycles. The highest BCUT2D eigenvalue weighted by Crippen LogP contribution is 2.32. The number of nitrogens with one attached hydrogen (secondary N) is 2. The van der Waals surface area contributed by atoms with Gasteiger partial charge in [-0.2, -0.15) is 26.3 Å². The molecule has 3 rings (SSSR count). The van der Waals surface area contributed by atoms with Gasteiger partial charge in [0.1, 0.15) is 0 Å². The van der Waals surface area contributed by atoms with Crippen LogP contribution in [0.4, 0.5) is 32.0 Å². The monoisotopic (exact) mass is 556 g/mol. The fourth-order valence-corrected chi connectivity index (χ4v) is 4.32. The number of carbonyl (C=O) groups is 3. The second-order valence-electron chi connectivity index (χ2n) is 9.07. The van der Waals surface area contributed by atoms with Gasteiger partial charge in [-0.05, 0) is 25.3 Å². The maximum absolute atomic E-state index is 13.3. The number of nitrogens with zero attached hydrogens (tertiary/aromatic N) is 1. The van der Waals surface area contributed by atoms with Crippen LogP contribution in [0.15, 0.2) is 59.6 Å². The van der Waals surface area contributed by atoms with Crippen LogP contribution in [0.5, 0.6) is 0 Å². The minimum absolute atomic E-state index is 0.304. The van der Waals surface area contributed by atoms with Gasteiger partial charge < -0.3 is 16.4 Å². The molecule has 210 valence electrons. The molecule has 7 nitrogen and oxygen atoms in total. The average molecular weight is 557 g/mol. The number of nitrogens with two attached hydrogens (primary N) is 1. The van der Waals surface area contributed by atoms with Crippen molar-refractivity contribution in [2.75, 3.05) is 5.32 Å². The van der Waals surface area contributed by atoms with Gasteiger partial charge in [0.15, 0.2) is 0 Å². The molecule has 0 saturated heterocycles. The number of anilines is 1. The first-order chi connectivity index (χ1) is 18.2. The molecule has 3 amide bonds. The summed E-state index contributed by atoms with van der Waals surface area (Å²) in [5.74, 6) is -6.54. The third kappa shape index (κ3) is 8.55. The number of amides is 3. The van der Waals surface area contributed by atoms with Crippen molar-refractivity contribution in [1.29, 1.82) is 0 Å². The van der Waals surface area contributed by atoms with Crippen LogP contribution in [0.3, 0.4) is 0 Å². The third-order valence-electron chi connectivity index (χ3n) is 6.17. The Hall–Kier alpha value is -3.90. The molecular weight excluding hydrogens is 530 g/mol. The Morgan fingerprint density at radius 1 is 0.897 bits per heavy atom. The molecule has 0 fully saturated rings. The summed E-state index contributed by atoms with van der Waals surface area (Å²) in [6, 6.07) is 15.3. The maximum Gasteiger partial charge on any atom is 0.389 e. The van der Waals surface area contributed by atoms with Crippen LogP contribution in [0, 0.1) is 11.8 Å². The van der Waals surface area contributed by atoms with E-state index in [2.05, 4.69) is 15.6 Å². The minimum Gasteiger partial charge on any atom is -0.369 e. The summed E-state index contributed by atoms with van der Waals surface area (Å²) in [5, 5.41) is 4.90. The molecule has 0 spiro atoms. The summed E-state index contributed by atoms with van der Waals surface area (Å²) < 4.78 is 77.0. The van der Waals surface area contributed by atoms with E-state index >= 15 is 0 Å². The van der Waals surface area contributed by atoms with Crippen molar-refractivity contribution < 1.29 is 40.7 Å². The van der Waals surface area contributed by atoms with Crippen LogP contribution in [0.2, 0.25) is 0 Å². The number of carbonyl (C=O) groups excluding carboxylic acids is 3. The molecule has 2 aromatic rings. The number of primary amides is 1. The highest BCUT2D eigenvalue weighted by atomic mass is 19.4. The molecule has 13 heteroatoms. The first-order valence-corrected chi connectivity index (χ1v) is 12.0. The molecule has 2 aromatic carbocycles. The number of benzodiazepines with no additional fused rings is 1. The van der Waals surface area contributed by atoms with Gasteiger partial charge in [0, 0.05) is 35.8 Å². The number of alkyl halides is 6. The Balaban J connectivity index is 1.93. The number of rotatable bonds is 10. The van der Waals surface area contributed by atoms with Crippen molar-refractivity contribution in [1.82, 2.24) is 5.32 Å². The van der Waals surface area contributed by atoms with Gasteiger partial charge in [0.2, 0.25) is 18.0 Å². The van der Waals surface area contributed by atoms with Gasteiger partial charge in [-0.3, -0.25) is 14.4 Å². The summed E-state index contributed by atoms with van der Waals surface area (Å²) >= 11 is 0. The number of hydrogen-bond acceptors (Lipinski definition) is 4. The van der Waals surface area contributed by atoms with Crippen molar-refractivity contribution in [3.05, 3.63) is 65.7 Å². The maximum atomic E-state index is 13.3. The standard InChI is InChI=1S/C26H26F6N4O3/c27-25(28,29)13-6-10-16(21(33)37)17(12-14-26(30,31)32)23(38)36-22-24(39)34-19-11-5-4-9-18(19)20(35-22)15-7-2-1-3-8-15/h1-5,7-9,11,16-17,22H,6,10,12-14H2,(H2,33,37)(H,34,39)(H,36,38). The van der Waals surface area contributed by atoms with Crippen LogP contribution in [-0.4, -0.2) is 42.0 Å². The molecule has 0 radical (unpaired) electrons. The Morgan fingerprint density at radius 3 is 2.13 bits per heavy atom. The molecule has 4 N–H and O–H groups in total. The Bertz CT molecular complexity index is 1210. The fourth-order valence-electron chi connectivity index (χ4n) is 4.32. The number of fused-ring (bicyclic) bond motifs is 1. The zero-order valence-electron chi connectivity index (χ0n) is 20.5. The van der Waals surface area contributed by atoms with E-state index in [1.54, 1.807) is 54.6 Å². The van der Waals surface area contributed by atoms with Gasteiger partial charge in [-0.25, -0.2) is 4.99 Å². The number of para-hydroxylation sites is 1. The second-order valence-corrected chi connectivity index (χ2v) is 9.07. The second kappa shape index (κ2) is 12.3. The fraction of sp³-hybridized carbons (Fsp3) is 0.385. The van der Waals surface area contributed by atoms with E-state index in [0.717, 1.165) is 0 Å². The van der Waals surface area contributed by atoms with E-state index < -0.39 is 80.2 Å².